The highest BCUT2D eigenvalue weighted by Crippen LogP contribution is 2.40. The highest BCUT2D eigenvalue weighted by Gasteiger charge is 2.54. The van der Waals surface area contributed by atoms with Gasteiger partial charge in [0.15, 0.2) is 11.6 Å². The highest BCUT2D eigenvalue weighted by molar-refractivity contribution is 5.84. The van der Waals surface area contributed by atoms with Crippen LogP contribution in [0.5, 0.6) is 0 Å². The molecule has 2 heterocycles. The topological polar surface area (TPSA) is 44.4 Å². The molecule has 0 aliphatic carbocycles. The largest absolute Gasteiger partial charge is 0.360 e. The Kier molecular flexibility index (Phi) is 2.98. The molecule has 0 unspecified atom stereocenters. The van der Waals surface area contributed by atoms with Crippen molar-refractivity contribution in [2.75, 3.05) is 20.1 Å². The smallest absolute Gasteiger partial charge is 0.234 e. The van der Waals surface area contributed by atoms with Crippen molar-refractivity contribution in [2.45, 2.75) is 5.54 Å². The van der Waals surface area contributed by atoms with Gasteiger partial charge in [-0.15, -0.1) is 0 Å². The van der Waals surface area contributed by atoms with Crippen LogP contribution in [0, 0.1) is 23.4 Å². The molecule has 1 aromatic rings. The van der Waals surface area contributed by atoms with Crippen LogP contribution in [0.3, 0.4) is 0 Å². The molecule has 3 rings (SSSR count). The van der Waals surface area contributed by atoms with Gasteiger partial charge in [0.2, 0.25) is 5.91 Å². The third-order valence-electron chi connectivity index (χ3n) is 4.24. The van der Waals surface area contributed by atoms with E-state index in [0.717, 1.165) is 6.07 Å². The summed E-state index contributed by atoms with van der Waals surface area (Å²) in [4.78, 5) is 13.7. The second kappa shape index (κ2) is 4.49. The van der Waals surface area contributed by atoms with E-state index in [2.05, 4.69) is 17.2 Å². The number of nitrogens with one attached hydrogen (secondary N) is 2. The SMILES string of the molecule is C=C1N[C@@]2(c3cc(F)c(F)cc3F)CNC[C@H]2C(=O)N1C. The van der Waals surface area contributed by atoms with E-state index in [1.165, 1.54) is 4.90 Å². The van der Waals surface area contributed by atoms with E-state index in [4.69, 9.17) is 0 Å². The molecule has 0 bridgehead atoms. The average molecular weight is 297 g/mol. The zero-order chi connectivity index (χ0) is 15.4. The van der Waals surface area contributed by atoms with Crippen LogP contribution < -0.4 is 10.6 Å². The number of carbonyl (C=O) groups excluding carboxylic acids is 1. The first kappa shape index (κ1) is 13.9. The lowest BCUT2D eigenvalue weighted by Crippen LogP contribution is -2.60. The Morgan fingerprint density at radius 3 is 2.67 bits per heavy atom. The molecule has 2 aliphatic heterocycles. The molecule has 0 spiro atoms. The third-order valence-corrected chi connectivity index (χ3v) is 4.24. The van der Waals surface area contributed by atoms with Gasteiger partial charge >= 0.3 is 0 Å². The van der Waals surface area contributed by atoms with Crippen molar-refractivity contribution in [1.29, 1.82) is 0 Å². The first-order chi connectivity index (χ1) is 9.86. The maximum absolute atomic E-state index is 14.2. The number of benzene rings is 1. The van der Waals surface area contributed by atoms with Gasteiger partial charge in [-0.2, -0.15) is 0 Å². The molecular formula is C14H14F3N3O. The first-order valence-corrected chi connectivity index (χ1v) is 6.47. The summed E-state index contributed by atoms with van der Waals surface area (Å²) in [7, 11) is 1.56. The number of halogens is 3. The van der Waals surface area contributed by atoms with Crippen LogP contribution in [-0.4, -0.2) is 30.9 Å². The van der Waals surface area contributed by atoms with Gasteiger partial charge in [0, 0.05) is 31.8 Å². The summed E-state index contributed by atoms with van der Waals surface area (Å²) < 4.78 is 40.8. The van der Waals surface area contributed by atoms with Crippen LogP contribution in [0.4, 0.5) is 13.2 Å². The van der Waals surface area contributed by atoms with Crippen molar-refractivity contribution >= 4 is 5.91 Å². The lowest BCUT2D eigenvalue weighted by molar-refractivity contribution is -0.137. The predicted octanol–water partition coefficient (Wildman–Crippen LogP) is 1.05. The van der Waals surface area contributed by atoms with Crippen LogP contribution in [0.15, 0.2) is 24.5 Å². The number of hydrogen-bond donors (Lipinski definition) is 2. The van der Waals surface area contributed by atoms with E-state index in [-0.39, 0.29) is 18.0 Å². The average Bonchev–Trinajstić information content (AvgIpc) is 2.85. The molecule has 2 saturated heterocycles. The second-order valence-corrected chi connectivity index (χ2v) is 5.37. The number of amides is 1. The molecule has 1 amide bonds. The fourth-order valence-electron chi connectivity index (χ4n) is 3.06. The lowest BCUT2D eigenvalue weighted by atomic mass is 9.78. The fourth-order valence-corrected chi connectivity index (χ4v) is 3.06. The van der Waals surface area contributed by atoms with Crippen molar-refractivity contribution in [2.24, 2.45) is 5.92 Å². The minimum atomic E-state index is -1.26. The van der Waals surface area contributed by atoms with Gasteiger partial charge in [0.1, 0.15) is 11.6 Å². The number of hydrogen-bond acceptors (Lipinski definition) is 3. The Morgan fingerprint density at radius 2 is 1.95 bits per heavy atom. The Labute approximate surface area is 119 Å². The first-order valence-electron chi connectivity index (χ1n) is 6.47. The summed E-state index contributed by atoms with van der Waals surface area (Å²) in [5.74, 6) is -3.86. The quantitative estimate of drug-likeness (QED) is 0.762. The van der Waals surface area contributed by atoms with Crippen molar-refractivity contribution in [3.05, 3.63) is 47.5 Å². The summed E-state index contributed by atoms with van der Waals surface area (Å²) >= 11 is 0. The van der Waals surface area contributed by atoms with Gasteiger partial charge < -0.3 is 15.5 Å². The number of carbonyl (C=O) groups is 1. The van der Waals surface area contributed by atoms with E-state index in [9.17, 15) is 18.0 Å². The van der Waals surface area contributed by atoms with Crippen molar-refractivity contribution < 1.29 is 18.0 Å². The Morgan fingerprint density at radius 1 is 1.29 bits per heavy atom. The summed E-state index contributed by atoms with van der Waals surface area (Å²) in [5.41, 5.74) is -1.22. The van der Waals surface area contributed by atoms with E-state index in [0.29, 0.717) is 18.4 Å². The van der Waals surface area contributed by atoms with Crippen LogP contribution in [-0.2, 0) is 10.3 Å². The van der Waals surface area contributed by atoms with Crippen molar-refractivity contribution in [1.82, 2.24) is 15.5 Å². The minimum Gasteiger partial charge on any atom is -0.360 e. The maximum atomic E-state index is 14.2. The Hall–Kier alpha value is -2.02. The highest BCUT2D eigenvalue weighted by atomic mass is 19.2. The Balaban J connectivity index is 2.17. The number of nitrogens with zero attached hydrogens (tertiary/aromatic N) is 1. The van der Waals surface area contributed by atoms with Gasteiger partial charge in [0.05, 0.1) is 11.5 Å². The number of rotatable bonds is 1. The second-order valence-electron chi connectivity index (χ2n) is 5.37. The normalized spacial score (nSPS) is 28.6. The van der Waals surface area contributed by atoms with Gasteiger partial charge in [-0.05, 0) is 6.07 Å². The zero-order valence-corrected chi connectivity index (χ0v) is 11.3. The summed E-state index contributed by atoms with van der Waals surface area (Å²) in [6, 6.07) is 1.31. The van der Waals surface area contributed by atoms with Gasteiger partial charge in [0.25, 0.3) is 0 Å². The molecular weight excluding hydrogens is 283 g/mol. The van der Waals surface area contributed by atoms with Crippen molar-refractivity contribution in [3.8, 4) is 0 Å². The molecule has 21 heavy (non-hydrogen) atoms. The Bertz CT molecular complexity index is 649. The van der Waals surface area contributed by atoms with E-state index < -0.39 is 28.9 Å². The fraction of sp³-hybridized carbons (Fsp3) is 0.357. The van der Waals surface area contributed by atoms with E-state index >= 15 is 0 Å². The molecule has 2 aliphatic rings. The van der Waals surface area contributed by atoms with Crippen molar-refractivity contribution in [3.63, 3.8) is 0 Å². The predicted molar refractivity (Wildman–Crippen MR) is 69.4 cm³/mol. The lowest BCUT2D eigenvalue weighted by Gasteiger charge is -2.44. The molecule has 2 atom stereocenters. The van der Waals surface area contributed by atoms with Crippen LogP contribution in [0.2, 0.25) is 0 Å². The minimum absolute atomic E-state index is 0.0704. The van der Waals surface area contributed by atoms with Gasteiger partial charge in [-0.3, -0.25) is 4.79 Å². The van der Waals surface area contributed by atoms with Gasteiger partial charge in [-0.25, -0.2) is 13.2 Å². The van der Waals surface area contributed by atoms with Crippen LogP contribution in [0.25, 0.3) is 0 Å². The molecule has 0 saturated carbocycles. The molecule has 2 fully saturated rings. The van der Waals surface area contributed by atoms with E-state index in [1.807, 2.05) is 0 Å². The number of fused-ring (bicyclic) bond motifs is 1. The molecule has 0 aromatic heterocycles. The maximum Gasteiger partial charge on any atom is 0.234 e. The molecule has 7 heteroatoms. The molecule has 0 radical (unpaired) electrons. The molecule has 4 nitrogen and oxygen atoms in total. The summed E-state index contributed by atoms with van der Waals surface area (Å²) in [6.07, 6.45) is 0. The monoisotopic (exact) mass is 297 g/mol. The van der Waals surface area contributed by atoms with E-state index in [1.54, 1.807) is 7.05 Å². The third kappa shape index (κ3) is 1.84. The standard InChI is InChI=1S/C14H14F3N3O/c1-7-19-14(6-18-5-9(14)13(21)20(7)2)8-3-11(16)12(17)4-10(8)15/h3-4,9,18-19H,1,5-6H2,2H3/t9-,14+/m0/s1. The van der Waals surface area contributed by atoms with Crippen LogP contribution >= 0.6 is 0 Å². The zero-order valence-electron chi connectivity index (χ0n) is 11.3. The summed E-state index contributed by atoms with van der Waals surface area (Å²) in [6.45, 7) is 4.26. The van der Waals surface area contributed by atoms with Gasteiger partial charge in [-0.1, -0.05) is 6.58 Å². The molecule has 112 valence electrons. The summed E-state index contributed by atoms with van der Waals surface area (Å²) in [5, 5.41) is 6.00. The van der Waals surface area contributed by atoms with Crippen LogP contribution in [0.1, 0.15) is 5.56 Å². The molecule has 2 N–H and O–H groups in total. The molecule has 1 aromatic carbocycles.